The Labute approximate surface area is 211 Å². The molecule has 0 unspecified atom stereocenters. The molecular weight excluding hydrogens is 446 g/mol. The molecule has 0 atom stereocenters. The largest absolute Gasteiger partial charge is 0.457 e. The second-order valence-electron chi connectivity index (χ2n) is 11.4. The lowest BCUT2D eigenvalue weighted by Gasteiger charge is -2.51. The quantitative estimate of drug-likeness (QED) is 0.292. The fraction of sp³-hybridized carbons (Fsp3) is 0.333. The van der Waals surface area contributed by atoms with Crippen LogP contribution in [0.1, 0.15) is 52.9 Å². The molecule has 2 aromatic carbocycles. The summed E-state index contributed by atoms with van der Waals surface area (Å²) in [7, 11) is -2.37. The smallest absolute Gasteiger partial charge is 0.151 e. The van der Waals surface area contributed by atoms with Crippen molar-refractivity contribution in [3.63, 3.8) is 0 Å². The molecule has 35 heavy (non-hydrogen) atoms. The molecule has 0 N–H and O–H groups in total. The van der Waals surface area contributed by atoms with Crippen LogP contribution in [0.2, 0.25) is 10.1 Å². The molecule has 0 spiro atoms. The van der Waals surface area contributed by atoms with Gasteiger partial charge in [-0.2, -0.15) is 5.10 Å². The Kier molecular flexibility index (Phi) is 6.49. The molecular formula is C30H37N3OSi. The number of rotatable bonds is 5. The van der Waals surface area contributed by atoms with Crippen LogP contribution >= 0.6 is 0 Å². The molecule has 2 aromatic heterocycles. The number of hydrogen-bond acceptors (Lipinski definition) is 3. The molecule has 5 heteroatoms. The van der Waals surface area contributed by atoms with Crippen LogP contribution in [0.15, 0.2) is 79.0 Å². The van der Waals surface area contributed by atoms with Gasteiger partial charge in [-0.3, -0.25) is 4.98 Å². The van der Waals surface area contributed by atoms with Gasteiger partial charge in [-0.25, -0.2) is 4.68 Å². The van der Waals surface area contributed by atoms with E-state index in [1.807, 2.05) is 48.1 Å². The first kappa shape index (κ1) is 24.9. The van der Waals surface area contributed by atoms with E-state index in [-0.39, 0.29) is 10.1 Å². The third kappa shape index (κ3) is 4.57. The summed E-state index contributed by atoms with van der Waals surface area (Å²) in [6.07, 6.45) is 1.93. The van der Waals surface area contributed by atoms with E-state index in [0.717, 1.165) is 28.6 Å². The first-order chi connectivity index (χ1) is 16.4. The van der Waals surface area contributed by atoms with Crippen molar-refractivity contribution in [2.24, 2.45) is 0 Å². The topological polar surface area (TPSA) is 39.9 Å². The Balaban J connectivity index is 1.79. The van der Waals surface area contributed by atoms with Gasteiger partial charge in [0.2, 0.25) is 0 Å². The maximum Gasteiger partial charge on any atom is 0.151 e. The molecule has 0 amide bonds. The van der Waals surface area contributed by atoms with E-state index in [1.165, 1.54) is 10.5 Å². The summed E-state index contributed by atoms with van der Waals surface area (Å²) in [6.45, 7) is 18.3. The van der Waals surface area contributed by atoms with Gasteiger partial charge in [-0.15, -0.1) is 0 Å². The fourth-order valence-electron chi connectivity index (χ4n) is 5.99. The van der Waals surface area contributed by atoms with Gasteiger partial charge in [0.15, 0.2) is 8.07 Å². The number of aromatic nitrogens is 3. The molecule has 0 fully saturated rings. The van der Waals surface area contributed by atoms with E-state index >= 15 is 0 Å². The molecule has 0 aliphatic carbocycles. The Morgan fingerprint density at radius 2 is 1.40 bits per heavy atom. The van der Waals surface area contributed by atoms with E-state index < -0.39 is 8.07 Å². The lowest BCUT2D eigenvalue weighted by molar-refractivity contribution is 0.482. The van der Waals surface area contributed by atoms with Crippen LogP contribution in [0, 0.1) is 13.8 Å². The Morgan fingerprint density at radius 3 is 1.97 bits per heavy atom. The van der Waals surface area contributed by atoms with Crippen molar-refractivity contribution in [1.29, 1.82) is 0 Å². The predicted octanol–water partition coefficient (Wildman–Crippen LogP) is 6.84. The highest BCUT2D eigenvalue weighted by Crippen LogP contribution is 2.50. The van der Waals surface area contributed by atoms with Crippen LogP contribution in [-0.2, 0) is 0 Å². The molecule has 4 rings (SSSR count). The van der Waals surface area contributed by atoms with Crippen molar-refractivity contribution in [3.8, 4) is 17.2 Å². The van der Waals surface area contributed by atoms with Gasteiger partial charge in [-0.05, 0) is 71.6 Å². The first-order valence-corrected chi connectivity index (χ1v) is 14.3. The number of nitrogens with zero attached hydrogens (tertiary/aromatic N) is 3. The van der Waals surface area contributed by atoms with Crippen molar-refractivity contribution in [3.05, 3.63) is 90.4 Å². The summed E-state index contributed by atoms with van der Waals surface area (Å²) >= 11 is 0. The van der Waals surface area contributed by atoms with Crippen molar-refractivity contribution >= 4 is 18.6 Å². The molecule has 0 aliphatic heterocycles. The molecule has 0 saturated carbocycles. The molecule has 0 radical (unpaired) electrons. The molecule has 2 heterocycles. The number of benzene rings is 2. The van der Waals surface area contributed by atoms with Crippen LogP contribution in [0.3, 0.4) is 0 Å². The SMILES string of the molecule is Cc1cc(C)n(-c2cccc(Oc3cccc([Si](c4ccccn4)(C(C)(C)C)C(C)(C)C)c3)c2)n1. The lowest BCUT2D eigenvalue weighted by Crippen LogP contribution is -2.70. The lowest BCUT2D eigenvalue weighted by atomic mass is 10.2. The average Bonchev–Trinajstić information content (AvgIpc) is 3.11. The molecule has 182 valence electrons. The highest BCUT2D eigenvalue weighted by Gasteiger charge is 2.56. The van der Waals surface area contributed by atoms with Gasteiger partial charge < -0.3 is 4.74 Å². The molecule has 0 bridgehead atoms. The van der Waals surface area contributed by atoms with Crippen LogP contribution in [0.5, 0.6) is 11.5 Å². The summed E-state index contributed by atoms with van der Waals surface area (Å²) in [6, 6.07) is 25.2. The van der Waals surface area contributed by atoms with E-state index in [4.69, 9.17) is 9.72 Å². The van der Waals surface area contributed by atoms with Crippen LogP contribution in [-0.4, -0.2) is 22.8 Å². The second kappa shape index (κ2) is 9.12. The van der Waals surface area contributed by atoms with Gasteiger partial charge in [-0.1, -0.05) is 65.8 Å². The van der Waals surface area contributed by atoms with Gasteiger partial charge in [0.05, 0.1) is 11.4 Å². The summed E-state index contributed by atoms with van der Waals surface area (Å²) in [5.74, 6) is 1.64. The van der Waals surface area contributed by atoms with Crippen molar-refractivity contribution in [1.82, 2.24) is 14.8 Å². The Bertz CT molecular complexity index is 1300. The number of ether oxygens (including phenoxy) is 1. The summed E-state index contributed by atoms with van der Waals surface area (Å²) in [5.41, 5.74) is 3.09. The summed E-state index contributed by atoms with van der Waals surface area (Å²) in [4.78, 5) is 4.94. The van der Waals surface area contributed by atoms with Gasteiger partial charge in [0.1, 0.15) is 11.5 Å². The zero-order valence-corrected chi connectivity index (χ0v) is 23.3. The van der Waals surface area contributed by atoms with Crippen LogP contribution in [0.25, 0.3) is 5.69 Å². The zero-order chi connectivity index (χ0) is 25.4. The van der Waals surface area contributed by atoms with Crippen LogP contribution in [0.4, 0.5) is 0 Å². The van der Waals surface area contributed by atoms with E-state index in [1.54, 1.807) is 0 Å². The van der Waals surface area contributed by atoms with E-state index in [2.05, 4.69) is 96.0 Å². The standard InChI is InChI=1S/C30H37N3OSi/c1-22-19-23(2)33(32-22)24-13-11-14-25(20-24)34-26-15-12-16-27(21-26)35(29(3,4)5,30(6,7)8)28-17-9-10-18-31-28/h9-21H,1-8H3. The van der Waals surface area contributed by atoms with Crippen molar-refractivity contribution < 1.29 is 4.74 Å². The first-order valence-electron chi connectivity index (χ1n) is 12.3. The zero-order valence-electron chi connectivity index (χ0n) is 22.3. The minimum Gasteiger partial charge on any atom is -0.457 e. The fourth-order valence-corrected chi connectivity index (χ4v) is 13.1. The summed E-state index contributed by atoms with van der Waals surface area (Å²) in [5, 5.41) is 7.24. The Hall–Kier alpha value is -3.18. The highest BCUT2D eigenvalue weighted by molar-refractivity contribution is 7.05. The average molecular weight is 484 g/mol. The van der Waals surface area contributed by atoms with E-state index in [9.17, 15) is 0 Å². The number of pyridine rings is 1. The number of hydrogen-bond donors (Lipinski definition) is 0. The van der Waals surface area contributed by atoms with Crippen molar-refractivity contribution in [2.45, 2.75) is 65.5 Å². The normalized spacial score (nSPS) is 12.6. The van der Waals surface area contributed by atoms with Gasteiger partial charge in [0, 0.05) is 23.3 Å². The monoisotopic (exact) mass is 483 g/mol. The van der Waals surface area contributed by atoms with Crippen LogP contribution < -0.4 is 15.2 Å². The maximum absolute atomic E-state index is 6.44. The highest BCUT2D eigenvalue weighted by atomic mass is 28.3. The molecule has 0 saturated heterocycles. The van der Waals surface area contributed by atoms with E-state index in [0.29, 0.717) is 0 Å². The predicted molar refractivity (Wildman–Crippen MR) is 148 cm³/mol. The summed E-state index contributed by atoms with van der Waals surface area (Å²) < 4.78 is 8.40. The van der Waals surface area contributed by atoms with Crippen molar-refractivity contribution in [2.75, 3.05) is 0 Å². The third-order valence-corrected chi connectivity index (χ3v) is 13.6. The minimum atomic E-state index is -2.37. The van der Waals surface area contributed by atoms with Gasteiger partial charge in [0.25, 0.3) is 0 Å². The van der Waals surface area contributed by atoms with Gasteiger partial charge >= 0.3 is 0 Å². The number of aryl methyl sites for hydroxylation is 2. The molecule has 4 aromatic rings. The maximum atomic E-state index is 6.44. The minimum absolute atomic E-state index is 0.0353. The second-order valence-corrected chi connectivity index (χ2v) is 17.0. The molecule has 4 nitrogen and oxygen atoms in total. The molecule has 0 aliphatic rings. The Morgan fingerprint density at radius 1 is 0.743 bits per heavy atom. The third-order valence-electron chi connectivity index (χ3n) is 6.87.